The molecule has 0 spiro atoms. The summed E-state index contributed by atoms with van der Waals surface area (Å²) in [7, 11) is 0. The van der Waals surface area contributed by atoms with Crippen molar-refractivity contribution in [3.63, 3.8) is 0 Å². The maximum atomic E-state index is 13.1. The number of nitrogens with one attached hydrogen (secondary N) is 1. The van der Waals surface area contributed by atoms with Crippen LogP contribution in [0.15, 0.2) is 53.3 Å². The molecular formula is C24H22ClFN4O2. The lowest BCUT2D eigenvalue weighted by molar-refractivity contribution is -0.121. The molecule has 0 atom stereocenters. The van der Waals surface area contributed by atoms with Crippen LogP contribution in [-0.2, 0) is 17.9 Å². The van der Waals surface area contributed by atoms with Gasteiger partial charge < -0.3 is 5.32 Å². The van der Waals surface area contributed by atoms with Gasteiger partial charge in [0.1, 0.15) is 18.0 Å². The molecule has 0 bridgehead atoms. The van der Waals surface area contributed by atoms with E-state index in [1.165, 1.54) is 22.8 Å². The van der Waals surface area contributed by atoms with Gasteiger partial charge in [-0.25, -0.2) is 9.07 Å². The third kappa shape index (κ3) is 4.03. The topological polar surface area (TPSA) is 68.9 Å². The number of aromatic nitrogens is 3. The van der Waals surface area contributed by atoms with Gasteiger partial charge in [0, 0.05) is 23.0 Å². The molecule has 0 aliphatic carbocycles. The molecule has 1 amide bonds. The Labute approximate surface area is 189 Å². The largest absolute Gasteiger partial charge is 0.350 e. The van der Waals surface area contributed by atoms with E-state index < -0.39 is 0 Å². The summed E-state index contributed by atoms with van der Waals surface area (Å²) in [5.74, 6) is -0.677. The van der Waals surface area contributed by atoms with Crippen molar-refractivity contribution in [3.05, 3.63) is 92.1 Å². The van der Waals surface area contributed by atoms with E-state index in [-0.39, 0.29) is 30.4 Å². The minimum Gasteiger partial charge on any atom is -0.350 e. The van der Waals surface area contributed by atoms with E-state index in [1.54, 1.807) is 22.9 Å². The van der Waals surface area contributed by atoms with Crippen molar-refractivity contribution in [1.82, 2.24) is 19.7 Å². The first-order chi connectivity index (χ1) is 15.3. The Morgan fingerprint density at radius 2 is 1.84 bits per heavy atom. The first kappa shape index (κ1) is 21.8. The molecule has 2 aromatic heterocycles. The number of nitrogens with zero attached hydrogens (tertiary/aromatic N) is 3. The molecule has 164 valence electrons. The zero-order chi connectivity index (χ0) is 23.0. The van der Waals surface area contributed by atoms with E-state index in [4.69, 9.17) is 11.6 Å². The SMILES string of the molecule is Cc1c(Cl)cccc1-n1nc(C)c2c(C)cc(=O)n(CC(=O)NCc3ccc(F)cc3)c21. The zero-order valence-electron chi connectivity index (χ0n) is 17.9. The summed E-state index contributed by atoms with van der Waals surface area (Å²) in [6, 6.07) is 12.9. The molecule has 32 heavy (non-hydrogen) atoms. The summed E-state index contributed by atoms with van der Waals surface area (Å²) >= 11 is 6.32. The van der Waals surface area contributed by atoms with Crippen molar-refractivity contribution >= 4 is 28.5 Å². The first-order valence-electron chi connectivity index (χ1n) is 10.1. The Hall–Kier alpha value is -3.45. The van der Waals surface area contributed by atoms with Crippen LogP contribution in [-0.4, -0.2) is 20.3 Å². The number of hydrogen-bond donors (Lipinski definition) is 1. The van der Waals surface area contributed by atoms with Gasteiger partial charge in [-0.15, -0.1) is 0 Å². The van der Waals surface area contributed by atoms with Crippen LogP contribution in [0.5, 0.6) is 0 Å². The van der Waals surface area contributed by atoms with Crippen LogP contribution in [0.3, 0.4) is 0 Å². The normalized spacial score (nSPS) is 11.2. The van der Waals surface area contributed by atoms with Gasteiger partial charge >= 0.3 is 0 Å². The number of carbonyl (C=O) groups excluding carboxylic acids is 1. The fraction of sp³-hybridized carbons (Fsp3) is 0.208. The molecule has 0 radical (unpaired) electrons. The Bertz CT molecular complexity index is 1390. The lowest BCUT2D eigenvalue weighted by Crippen LogP contribution is -2.32. The molecule has 8 heteroatoms. The van der Waals surface area contributed by atoms with Crippen molar-refractivity contribution in [2.45, 2.75) is 33.9 Å². The van der Waals surface area contributed by atoms with Crippen LogP contribution in [0.2, 0.25) is 5.02 Å². The van der Waals surface area contributed by atoms with Crippen LogP contribution in [0, 0.1) is 26.6 Å². The van der Waals surface area contributed by atoms with Crippen molar-refractivity contribution in [2.24, 2.45) is 0 Å². The predicted octanol–water partition coefficient (Wildman–Crippen LogP) is 4.22. The van der Waals surface area contributed by atoms with Gasteiger partial charge in [0.2, 0.25) is 5.91 Å². The summed E-state index contributed by atoms with van der Waals surface area (Å²) in [6.45, 7) is 5.66. The number of hydrogen-bond acceptors (Lipinski definition) is 3. The fourth-order valence-corrected chi connectivity index (χ4v) is 3.98. The van der Waals surface area contributed by atoms with Gasteiger partial charge in [0.15, 0.2) is 0 Å². The highest BCUT2D eigenvalue weighted by Crippen LogP contribution is 2.28. The first-order valence-corrected chi connectivity index (χ1v) is 10.5. The van der Waals surface area contributed by atoms with Gasteiger partial charge in [-0.1, -0.05) is 29.8 Å². The molecule has 0 saturated heterocycles. The number of rotatable bonds is 5. The number of carbonyl (C=O) groups is 1. The fourth-order valence-electron chi connectivity index (χ4n) is 3.81. The van der Waals surface area contributed by atoms with Crippen molar-refractivity contribution in [1.29, 1.82) is 0 Å². The summed E-state index contributed by atoms with van der Waals surface area (Å²) in [6.07, 6.45) is 0. The maximum Gasteiger partial charge on any atom is 0.252 e. The lowest BCUT2D eigenvalue weighted by Gasteiger charge is -2.14. The van der Waals surface area contributed by atoms with Crippen LogP contribution in [0.25, 0.3) is 16.7 Å². The number of fused-ring (bicyclic) bond motifs is 1. The van der Waals surface area contributed by atoms with Crippen LogP contribution in [0.4, 0.5) is 4.39 Å². The van der Waals surface area contributed by atoms with E-state index in [0.29, 0.717) is 10.7 Å². The highest BCUT2D eigenvalue weighted by molar-refractivity contribution is 6.31. The second kappa shape index (κ2) is 8.59. The summed E-state index contributed by atoms with van der Waals surface area (Å²) in [5, 5.41) is 8.85. The van der Waals surface area contributed by atoms with Gasteiger partial charge in [-0.3, -0.25) is 14.2 Å². The van der Waals surface area contributed by atoms with Crippen LogP contribution in [0.1, 0.15) is 22.4 Å². The Morgan fingerprint density at radius 3 is 2.56 bits per heavy atom. The third-order valence-electron chi connectivity index (χ3n) is 5.46. The van der Waals surface area contributed by atoms with E-state index in [1.807, 2.05) is 32.9 Å². The number of halogens is 2. The van der Waals surface area contributed by atoms with Gasteiger partial charge in [0.25, 0.3) is 5.56 Å². The van der Waals surface area contributed by atoms with E-state index >= 15 is 0 Å². The summed E-state index contributed by atoms with van der Waals surface area (Å²) < 4.78 is 16.2. The van der Waals surface area contributed by atoms with Crippen LogP contribution < -0.4 is 10.9 Å². The highest BCUT2D eigenvalue weighted by atomic mass is 35.5. The number of benzene rings is 2. The van der Waals surface area contributed by atoms with Gasteiger partial charge in [-0.05, 0) is 61.7 Å². The molecule has 4 aromatic rings. The van der Waals surface area contributed by atoms with Crippen LogP contribution >= 0.6 is 11.6 Å². The Kier molecular flexibility index (Phi) is 5.84. The maximum absolute atomic E-state index is 13.1. The van der Waals surface area contributed by atoms with E-state index in [9.17, 15) is 14.0 Å². The molecule has 2 heterocycles. The zero-order valence-corrected chi connectivity index (χ0v) is 18.7. The van der Waals surface area contributed by atoms with E-state index in [2.05, 4.69) is 10.4 Å². The minimum absolute atomic E-state index is 0.179. The van der Waals surface area contributed by atoms with Gasteiger partial charge in [0.05, 0.1) is 11.4 Å². The number of pyridine rings is 1. The van der Waals surface area contributed by atoms with Crippen molar-refractivity contribution in [2.75, 3.05) is 0 Å². The second-order valence-electron chi connectivity index (χ2n) is 7.73. The lowest BCUT2D eigenvalue weighted by atomic mass is 10.1. The van der Waals surface area contributed by atoms with Gasteiger partial charge in [-0.2, -0.15) is 5.10 Å². The third-order valence-corrected chi connectivity index (χ3v) is 5.87. The van der Waals surface area contributed by atoms with E-state index in [0.717, 1.165) is 33.5 Å². The molecule has 6 nitrogen and oxygen atoms in total. The number of amides is 1. The number of aryl methyl sites for hydroxylation is 2. The molecular weight excluding hydrogens is 431 g/mol. The molecule has 0 fully saturated rings. The molecule has 0 aliphatic heterocycles. The molecule has 4 rings (SSSR count). The van der Waals surface area contributed by atoms with Crippen molar-refractivity contribution in [3.8, 4) is 5.69 Å². The average molecular weight is 453 g/mol. The Balaban J connectivity index is 1.75. The minimum atomic E-state index is -0.339. The molecule has 0 saturated carbocycles. The standard InChI is InChI=1S/C24H22ClFN4O2/c1-14-11-22(32)29(13-21(31)27-12-17-7-9-18(26)10-8-17)24-23(14)16(3)28-30(24)20-6-4-5-19(25)15(20)2/h4-11H,12-13H2,1-3H3,(H,27,31). The molecule has 2 aromatic carbocycles. The van der Waals surface area contributed by atoms with Crippen molar-refractivity contribution < 1.29 is 9.18 Å². The molecule has 0 aliphatic rings. The highest BCUT2D eigenvalue weighted by Gasteiger charge is 2.20. The Morgan fingerprint density at radius 1 is 1.12 bits per heavy atom. The monoisotopic (exact) mass is 452 g/mol. The predicted molar refractivity (Wildman–Crippen MR) is 123 cm³/mol. The molecule has 0 unspecified atom stereocenters. The summed E-state index contributed by atoms with van der Waals surface area (Å²) in [5.41, 5.74) is 4.09. The summed E-state index contributed by atoms with van der Waals surface area (Å²) in [4.78, 5) is 25.6. The average Bonchev–Trinajstić information content (AvgIpc) is 3.10. The molecule has 1 N–H and O–H groups in total. The second-order valence-corrected chi connectivity index (χ2v) is 8.14. The smallest absolute Gasteiger partial charge is 0.252 e. The quantitative estimate of drug-likeness (QED) is 0.493.